The molecule has 0 radical (unpaired) electrons. The van der Waals surface area contributed by atoms with E-state index >= 15 is 0 Å². The van der Waals surface area contributed by atoms with Crippen molar-refractivity contribution in [1.82, 2.24) is 20.2 Å². The van der Waals surface area contributed by atoms with E-state index < -0.39 is 5.97 Å². The quantitative estimate of drug-likeness (QED) is 0.690. The number of carboxylic acid groups (broad SMARTS) is 1. The average molecular weight is 252 g/mol. The molecule has 0 spiro atoms. The van der Waals surface area contributed by atoms with Crippen LogP contribution in [0, 0.1) is 5.92 Å². The van der Waals surface area contributed by atoms with Gasteiger partial charge in [-0.25, -0.2) is 9.78 Å². The molecule has 7 heteroatoms. The summed E-state index contributed by atoms with van der Waals surface area (Å²) in [5.41, 5.74) is 0. The molecule has 1 aromatic rings. The zero-order valence-corrected chi connectivity index (χ0v) is 9.93. The van der Waals surface area contributed by atoms with Gasteiger partial charge in [0.05, 0.1) is 6.42 Å². The normalized spacial score (nSPS) is 15.2. The summed E-state index contributed by atoms with van der Waals surface area (Å²) in [5, 5.41) is 11.4. The molecular weight excluding hydrogens is 236 g/mol. The van der Waals surface area contributed by atoms with E-state index in [4.69, 9.17) is 5.11 Å². The van der Waals surface area contributed by atoms with Crippen LogP contribution in [-0.4, -0.2) is 51.6 Å². The average Bonchev–Trinajstić information content (AvgIpc) is 2.75. The molecule has 0 bridgehead atoms. The number of H-pyrrole nitrogens is 1. The molecule has 0 aliphatic carbocycles. The van der Waals surface area contributed by atoms with E-state index in [1.807, 2.05) is 0 Å². The molecule has 1 aliphatic rings. The van der Waals surface area contributed by atoms with Crippen molar-refractivity contribution >= 4 is 12.0 Å². The highest BCUT2D eigenvalue weighted by atomic mass is 16.4. The van der Waals surface area contributed by atoms with Gasteiger partial charge in [0.2, 0.25) is 0 Å². The molecule has 1 aromatic heterocycles. The summed E-state index contributed by atoms with van der Waals surface area (Å²) in [4.78, 5) is 30.7. The number of nitrogens with one attached hydrogen (secondary N) is 2. The zero-order valence-electron chi connectivity index (χ0n) is 9.93. The summed E-state index contributed by atoms with van der Waals surface area (Å²) < 4.78 is 0. The minimum atomic E-state index is -0.808. The molecule has 18 heavy (non-hydrogen) atoms. The molecule has 3 N–H and O–H groups in total. The first-order valence-electron chi connectivity index (χ1n) is 5.88. The fourth-order valence-corrected chi connectivity index (χ4v) is 1.95. The molecule has 2 amide bonds. The van der Waals surface area contributed by atoms with Crippen molar-refractivity contribution in [2.45, 2.75) is 12.8 Å². The number of aromatic amines is 1. The number of aromatic nitrogens is 2. The summed E-state index contributed by atoms with van der Waals surface area (Å²) in [6.45, 7) is 1.57. The van der Waals surface area contributed by atoms with Crippen molar-refractivity contribution in [2.75, 3.05) is 19.6 Å². The molecule has 98 valence electrons. The van der Waals surface area contributed by atoms with E-state index in [2.05, 4.69) is 15.3 Å². The summed E-state index contributed by atoms with van der Waals surface area (Å²) >= 11 is 0. The van der Waals surface area contributed by atoms with Crippen LogP contribution in [0.15, 0.2) is 12.4 Å². The molecule has 7 nitrogen and oxygen atoms in total. The van der Waals surface area contributed by atoms with Gasteiger partial charge in [-0.3, -0.25) is 4.79 Å². The van der Waals surface area contributed by atoms with Crippen molar-refractivity contribution in [3.05, 3.63) is 18.2 Å². The Balaban J connectivity index is 1.60. The number of imidazole rings is 1. The van der Waals surface area contributed by atoms with E-state index in [9.17, 15) is 9.59 Å². The number of rotatable bonds is 5. The molecular formula is C11H16N4O3. The third-order valence-corrected chi connectivity index (χ3v) is 2.90. The molecule has 0 atom stereocenters. The number of hydrogen-bond acceptors (Lipinski definition) is 3. The molecule has 2 heterocycles. The van der Waals surface area contributed by atoms with E-state index in [1.54, 1.807) is 17.3 Å². The van der Waals surface area contributed by atoms with Gasteiger partial charge in [0.15, 0.2) is 0 Å². The number of urea groups is 1. The van der Waals surface area contributed by atoms with Crippen LogP contribution in [0.4, 0.5) is 4.79 Å². The monoisotopic (exact) mass is 252 g/mol. The van der Waals surface area contributed by atoms with Gasteiger partial charge in [-0.05, 0) is 0 Å². The van der Waals surface area contributed by atoms with Crippen molar-refractivity contribution < 1.29 is 14.7 Å². The van der Waals surface area contributed by atoms with Gasteiger partial charge in [0.25, 0.3) is 0 Å². The van der Waals surface area contributed by atoms with Gasteiger partial charge in [0.1, 0.15) is 5.82 Å². The van der Waals surface area contributed by atoms with Crippen LogP contribution in [0.25, 0.3) is 0 Å². The highest BCUT2D eigenvalue weighted by Gasteiger charge is 2.31. The predicted molar refractivity (Wildman–Crippen MR) is 63.0 cm³/mol. The van der Waals surface area contributed by atoms with E-state index in [-0.39, 0.29) is 18.4 Å². The fourth-order valence-electron chi connectivity index (χ4n) is 1.95. The van der Waals surface area contributed by atoms with Crippen LogP contribution < -0.4 is 5.32 Å². The summed E-state index contributed by atoms with van der Waals surface area (Å²) in [7, 11) is 0. The van der Waals surface area contributed by atoms with Gasteiger partial charge >= 0.3 is 12.0 Å². The Bertz CT molecular complexity index is 412. The predicted octanol–water partition coefficient (Wildman–Crippen LogP) is 0.0683. The minimum Gasteiger partial charge on any atom is -0.481 e. The third-order valence-electron chi connectivity index (χ3n) is 2.90. The Labute approximate surface area is 104 Å². The lowest BCUT2D eigenvalue weighted by Crippen LogP contribution is -2.54. The number of likely N-dealkylation sites (tertiary alicyclic amines) is 1. The third kappa shape index (κ3) is 3.22. The topological polar surface area (TPSA) is 98.3 Å². The Morgan fingerprint density at radius 1 is 1.56 bits per heavy atom. The first-order valence-corrected chi connectivity index (χ1v) is 5.88. The molecule has 0 unspecified atom stereocenters. The van der Waals surface area contributed by atoms with E-state index in [0.29, 0.717) is 26.1 Å². The summed E-state index contributed by atoms with van der Waals surface area (Å²) in [6, 6.07) is -0.136. The Kier molecular flexibility index (Phi) is 3.81. The van der Waals surface area contributed by atoms with Gasteiger partial charge in [-0.1, -0.05) is 0 Å². The molecule has 1 fully saturated rings. The van der Waals surface area contributed by atoms with Crippen LogP contribution in [-0.2, 0) is 11.2 Å². The van der Waals surface area contributed by atoms with Crippen molar-refractivity contribution in [3.63, 3.8) is 0 Å². The number of hydrogen-bond donors (Lipinski definition) is 3. The highest BCUT2D eigenvalue weighted by molar-refractivity contribution is 5.75. The van der Waals surface area contributed by atoms with E-state index in [1.165, 1.54) is 0 Å². The van der Waals surface area contributed by atoms with Crippen molar-refractivity contribution in [1.29, 1.82) is 0 Å². The molecule has 1 aliphatic heterocycles. The first-order chi connectivity index (χ1) is 8.65. The molecule has 0 aromatic carbocycles. The maximum absolute atomic E-state index is 11.6. The van der Waals surface area contributed by atoms with Gasteiger partial charge in [-0.15, -0.1) is 0 Å². The standard InChI is InChI=1S/C11H16N4O3/c16-10(17)5-8-6-15(7-8)11(18)14-2-1-9-12-3-4-13-9/h3-4,8H,1-2,5-7H2,(H,12,13)(H,14,18)(H,16,17). The van der Waals surface area contributed by atoms with Gasteiger partial charge in [0, 0.05) is 44.4 Å². The van der Waals surface area contributed by atoms with Crippen LogP contribution in [0.2, 0.25) is 0 Å². The second kappa shape index (κ2) is 5.52. The van der Waals surface area contributed by atoms with Crippen molar-refractivity contribution in [2.24, 2.45) is 5.92 Å². The van der Waals surface area contributed by atoms with Gasteiger partial charge in [-0.2, -0.15) is 0 Å². The van der Waals surface area contributed by atoms with Crippen LogP contribution in [0.1, 0.15) is 12.2 Å². The summed E-state index contributed by atoms with van der Waals surface area (Å²) in [6.07, 6.45) is 4.20. The number of carbonyl (C=O) groups is 2. The smallest absolute Gasteiger partial charge is 0.317 e. The lowest BCUT2D eigenvalue weighted by atomic mass is 9.97. The van der Waals surface area contributed by atoms with Crippen LogP contribution in [0.5, 0.6) is 0 Å². The second-order valence-corrected chi connectivity index (χ2v) is 4.39. The molecule has 2 rings (SSSR count). The molecule has 0 saturated carbocycles. The molecule has 1 saturated heterocycles. The maximum Gasteiger partial charge on any atom is 0.317 e. The Morgan fingerprint density at radius 3 is 2.94 bits per heavy atom. The Morgan fingerprint density at radius 2 is 2.33 bits per heavy atom. The largest absolute Gasteiger partial charge is 0.481 e. The van der Waals surface area contributed by atoms with E-state index in [0.717, 1.165) is 5.82 Å². The zero-order chi connectivity index (χ0) is 13.0. The lowest BCUT2D eigenvalue weighted by Gasteiger charge is -2.38. The SMILES string of the molecule is O=C(O)CC1CN(C(=O)NCCc2ncc[nH]2)C1. The minimum absolute atomic E-state index is 0.0957. The van der Waals surface area contributed by atoms with Crippen LogP contribution >= 0.6 is 0 Å². The second-order valence-electron chi connectivity index (χ2n) is 4.39. The van der Waals surface area contributed by atoms with Gasteiger partial charge < -0.3 is 20.3 Å². The van der Waals surface area contributed by atoms with Crippen molar-refractivity contribution in [3.8, 4) is 0 Å². The number of carbonyl (C=O) groups excluding carboxylic acids is 1. The Hall–Kier alpha value is -2.05. The summed E-state index contributed by atoms with van der Waals surface area (Å²) in [5.74, 6) is 0.124. The lowest BCUT2D eigenvalue weighted by molar-refractivity contribution is -0.139. The number of amides is 2. The first kappa shape index (κ1) is 12.4. The fraction of sp³-hybridized carbons (Fsp3) is 0.545. The van der Waals surface area contributed by atoms with Crippen LogP contribution in [0.3, 0.4) is 0 Å². The maximum atomic E-state index is 11.6. The highest BCUT2D eigenvalue weighted by Crippen LogP contribution is 2.18. The number of carboxylic acids is 1. The number of aliphatic carboxylic acids is 1. The number of nitrogens with zero attached hydrogens (tertiary/aromatic N) is 2.